The number of hydrogen-bond donors (Lipinski definition) is 1. The summed E-state index contributed by atoms with van der Waals surface area (Å²) in [5.41, 5.74) is 2.20. The number of halogens is 1. The number of pyridine rings is 1. The molecule has 0 spiro atoms. The SMILES string of the molecule is O=C1C[C@@H](c2cccc(Br)c2)[C@H]([N+](=O)[O-])[C@@H](c2ccc(O)cc2)N1Cc1ccncc1. The summed E-state index contributed by atoms with van der Waals surface area (Å²) in [6, 6.07) is 15.4. The topological polar surface area (TPSA) is 96.6 Å². The molecule has 7 nitrogen and oxygen atoms in total. The summed E-state index contributed by atoms with van der Waals surface area (Å²) in [5.74, 6) is -0.668. The van der Waals surface area contributed by atoms with E-state index in [2.05, 4.69) is 20.9 Å². The maximum absolute atomic E-state index is 13.3. The van der Waals surface area contributed by atoms with Crippen molar-refractivity contribution in [2.45, 2.75) is 31.0 Å². The maximum atomic E-state index is 13.3. The molecule has 0 radical (unpaired) electrons. The molecule has 2 aromatic carbocycles. The van der Waals surface area contributed by atoms with E-state index in [-0.39, 0.29) is 29.5 Å². The molecule has 0 unspecified atom stereocenters. The summed E-state index contributed by atoms with van der Waals surface area (Å²) in [4.78, 5) is 31.0. The van der Waals surface area contributed by atoms with Crippen LogP contribution in [0.3, 0.4) is 0 Å². The summed E-state index contributed by atoms with van der Waals surface area (Å²) in [6.07, 6.45) is 3.31. The predicted molar refractivity (Wildman–Crippen MR) is 118 cm³/mol. The zero-order chi connectivity index (χ0) is 22.0. The molecule has 1 aromatic heterocycles. The third-order valence-corrected chi connectivity index (χ3v) is 6.14. The van der Waals surface area contributed by atoms with Crippen molar-refractivity contribution in [3.8, 4) is 5.75 Å². The van der Waals surface area contributed by atoms with Crippen LogP contribution in [-0.2, 0) is 11.3 Å². The first-order valence-corrected chi connectivity index (χ1v) is 10.6. The highest BCUT2D eigenvalue weighted by Crippen LogP contribution is 2.43. The van der Waals surface area contributed by atoms with Gasteiger partial charge in [-0.15, -0.1) is 0 Å². The zero-order valence-electron chi connectivity index (χ0n) is 16.5. The number of carbonyl (C=O) groups is 1. The van der Waals surface area contributed by atoms with Crippen molar-refractivity contribution >= 4 is 21.8 Å². The van der Waals surface area contributed by atoms with Crippen molar-refractivity contribution in [1.29, 1.82) is 0 Å². The Bertz CT molecular complexity index is 1090. The number of hydrogen-bond acceptors (Lipinski definition) is 5. The minimum atomic E-state index is -1.04. The summed E-state index contributed by atoms with van der Waals surface area (Å²) in [6.45, 7) is 0.239. The third-order valence-electron chi connectivity index (χ3n) is 5.64. The van der Waals surface area contributed by atoms with Crippen molar-refractivity contribution in [3.05, 3.63) is 104 Å². The van der Waals surface area contributed by atoms with Gasteiger partial charge in [0, 0.05) is 34.8 Å². The molecule has 1 saturated heterocycles. The molecule has 1 amide bonds. The standard InChI is InChI=1S/C23H20BrN3O4/c24-18-3-1-2-17(12-18)20-13-21(29)26(14-15-8-10-25-11-9-15)22(23(20)27(30)31)16-4-6-19(28)7-5-16/h1-12,20,22-23,28H,13-14H2/t20-,22+,23-/m0/s1. The van der Waals surface area contributed by atoms with E-state index >= 15 is 0 Å². The monoisotopic (exact) mass is 481 g/mol. The van der Waals surface area contributed by atoms with Crippen LogP contribution in [-0.4, -0.2) is 31.9 Å². The summed E-state index contributed by atoms with van der Waals surface area (Å²) in [5, 5.41) is 22.1. The van der Waals surface area contributed by atoms with Gasteiger partial charge in [-0.3, -0.25) is 19.9 Å². The second-order valence-corrected chi connectivity index (χ2v) is 8.47. The molecule has 1 aliphatic heterocycles. The molecule has 3 atom stereocenters. The average molecular weight is 482 g/mol. The van der Waals surface area contributed by atoms with Crippen molar-refractivity contribution in [3.63, 3.8) is 0 Å². The minimum absolute atomic E-state index is 0.0434. The zero-order valence-corrected chi connectivity index (χ0v) is 18.1. The van der Waals surface area contributed by atoms with Crippen LogP contribution in [0.25, 0.3) is 0 Å². The largest absolute Gasteiger partial charge is 0.508 e. The lowest BCUT2D eigenvalue weighted by molar-refractivity contribution is -0.537. The van der Waals surface area contributed by atoms with Crippen LogP contribution >= 0.6 is 15.9 Å². The van der Waals surface area contributed by atoms with Gasteiger partial charge in [-0.2, -0.15) is 0 Å². The van der Waals surface area contributed by atoms with Crippen LogP contribution in [0.4, 0.5) is 0 Å². The number of likely N-dealkylation sites (tertiary alicyclic amines) is 1. The van der Waals surface area contributed by atoms with Gasteiger partial charge in [0.1, 0.15) is 11.8 Å². The van der Waals surface area contributed by atoms with Crippen molar-refractivity contribution < 1.29 is 14.8 Å². The first-order chi connectivity index (χ1) is 14.9. The Morgan fingerprint density at radius 1 is 1.10 bits per heavy atom. The number of benzene rings is 2. The van der Waals surface area contributed by atoms with Crippen molar-refractivity contribution in [2.24, 2.45) is 0 Å². The Hall–Kier alpha value is -3.26. The Morgan fingerprint density at radius 3 is 2.45 bits per heavy atom. The second-order valence-electron chi connectivity index (χ2n) is 7.56. The van der Waals surface area contributed by atoms with Gasteiger partial charge >= 0.3 is 0 Å². The molecule has 1 fully saturated rings. The molecule has 4 rings (SSSR count). The van der Waals surface area contributed by atoms with E-state index in [1.54, 1.807) is 41.6 Å². The lowest BCUT2D eigenvalue weighted by atomic mass is 9.78. The maximum Gasteiger partial charge on any atom is 0.244 e. The molecule has 2 heterocycles. The molecule has 1 aliphatic rings. The molecular weight excluding hydrogens is 462 g/mol. The Labute approximate surface area is 187 Å². The van der Waals surface area contributed by atoms with Gasteiger partial charge in [-0.05, 0) is 53.1 Å². The quantitative estimate of drug-likeness (QED) is 0.428. The van der Waals surface area contributed by atoms with Crippen LogP contribution < -0.4 is 0 Å². The number of amides is 1. The highest BCUT2D eigenvalue weighted by Gasteiger charge is 2.50. The van der Waals surface area contributed by atoms with Crippen LogP contribution in [0.5, 0.6) is 5.75 Å². The Kier molecular flexibility index (Phi) is 5.99. The number of piperidine rings is 1. The first-order valence-electron chi connectivity index (χ1n) is 9.80. The Morgan fingerprint density at radius 2 is 1.81 bits per heavy atom. The molecule has 0 saturated carbocycles. The molecule has 8 heteroatoms. The van der Waals surface area contributed by atoms with E-state index in [1.165, 1.54) is 12.1 Å². The predicted octanol–water partition coefficient (Wildman–Crippen LogP) is 4.45. The number of phenolic OH excluding ortho intramolecular Hbond substituents is 1. The van der Waals surface area contributed by atoms with Gasteiger partial charge in [0.2, 0.25) is 11.9 Å². The van der Waals surface area contributed by atoms with Crippen LogP contribution in [0, 0.1) is 10.1 Å². The van der Waals surface area contributed by atoms with E-state index in [0.717, 1.165) is 15.6 Å². The fourth-order valence-corrected chi connectivity index (χ4v) is 4.64. The van der Waals surface area contributed by atoms with E-state index in [9.17, 15) is 20.0 Å². The van der Waals surface area contributed by atoms with Crippen molar-refractivity contribution in [2.75, 3.05) is 0 Å². The number of rotatable bonds is 5. The average Bonchev–Trinajstić information content (AvgIpc) is 2.76. The normalized spacial score (nSPS) is 21.1. The van der Waals surface area contributed by atoms with Crippen molar-refractivity contribution in [1.82, 2.24) is 9.88 Å². The minimum Gasteiger partial charge on any atom is -0.508 e. The van der Waals surface area contributed by atoms with Crippen LogP contribution in [0.15, 0.2) is 77.5 Å². The van der Waals surface area contributed by atoms with E-state index < -0.39 is 18.0 Å². The second kappa shape index (κ2) is 8.85. The number of aromatic hydroxyl groups is 1. The van der Waals surface area contributed by atoms with E-state index in [1.807, 2.05) is 24.3 Å². The van der Waals surface area contributed by atoms with Gasteiger partial charge in [0.15, 0.2) is 0 Å². The lowest BCUT2D eigenvalue weighted by Crippen LogP contribution is -2.51. The number of phenols is 1. The number of carbonyl (C=O) groups excluding carboxylic acids is 1. The molecular formula is C23H20BrN3O4. The lowest BCUT2D eigenvalue weighted by Gasteiger charge is -2.41. The molecule has 3 aromatic rings. The van der Waals surface area contributed by atoms with E-state index in [4.69, 9.17) is 0 Å². The molecule has 0 bridgehead atoms. The summed E-state index contributed by atoms with van der Waals surface area (Å²) in [7, 11) is 0. The van der Waals surface area contributed by atoms with Gasteiger partial charge in [0.05, 0.1) is 5.92 Å². The van der Waals surface area contributed by atoms with Crippen LogP contribution in [0.1, 0.15) is 35.1 Å². The van der Waals surface area contributed by atoms with Gasteiger partial charge < -0.3 is 10.0 Å². The number of nitro groups is 1. The molecule has 158 valence electrons. The van der Waals surface area contributed by atoms with Gasteiger partial charge in [0.25, 0.3) is 0 Å². The summed E-state index contributed by atoms with van der Waals surface area (Å²) < 4.78 is 0.806. The van der Waals surface area contributed by atoms with Gasteiger partial charge in [-0.1, -0.05) is 40.2 Å². The Balaban J connectivity index is 1.82. The highest BCUT2D eigenvalue weighted by atomic mass is 79.9. The highest BCUT2D eigenvalue weighted by molar-refractivity contribution is 9.10. The van der Waals surface area contributed by atoms with E-state index in [0.29, 0.717) is 5.56 Å². The fraction of sp³-hybridized carbons (Fsp3) is 0.217. The van der Waals surface area contributed by atoms with Crippen LogP contribution in [0.2, 0.25) is 0 Å². The smallest absolute Gasteiger partial charge is 0.244 e. The molecule has 0 aliphatic carbocycles. The number of nitrogens with zero attached hydrogens (tertiary/aromatic N) is 3. The molecule has 31 heavy (non-hydrogen) atoms. The molecule has 1 N–H and O–H groups in total. The van der Waals surface area contributed by atoms with Gasteiger partial charge in [-0.25, -0.2) is 0 Å². The number of aromatic nitrogens is 1. The fourth-order valence-electron chi connectivity index (χ4n) is 4.22. The summed E-state index contributed by atoms with van der Waals surface area (Å²) >= 11 is 3.43. The first kappa shape index (κ1) is 21.0. The third kappa shape index (κ3) is 4.44.